The van der Waals surface area contributed by atoms with E-state index in [-0.39, 0.29) is 5.91 Å². The first kappa shape index (κ1) is 15.2. The van der Waals surface area contributed by atoms with Crippen molar-refractivity contribution in [3.63, 3.8) is 0 Å². The summed E-state index contributed by atoms with van der Waals surface area (Å²) in [5.41, 5.74) is 2.11. The molecule has 0 aliphatic heterocycles. The maximum atomic E-state index is 12.5. The second-order valence-electron chi connectivity index (χ2n) is 5.06. The lowest BCUT2D eigenvalue weighted by Gasteiger charge is -2.08. The Hall–Kier alpha value is -2.66. The second-order valence-corrected chi connectivity index (χ2v) is 5.45. The van der Waals surface area contributed by atoms with Gasteiger partial charge in [-0.1, -0.05) is 35.9 Å². The van der Waals surface area contributed by atoms with Crippen LogP contribution in [0.5, 0.6) is 0 Å². The smallest absolute Gasteiger partial charge is 0.277 e. The Bertz CT molecular complexity index is 858. The third-order valence-electron chi connectivity index (χ3n) is 3.46. The number of para-hydroxylation sites is 1. The molecule has 1 aromatic carbocycles. The average molecular weight is 327 g/mol. The van der Waals surface area contributed by atoms with E-state index in [1.165, 1.54) is 0 Å². The Morgan fingerprint density at radius 1 is 1.04 bits per heavy atom. The van der Waals surface area contributed by atoms with E-state index in [4.69, 9.17) is 11.6 Å². The quantitative estimate of drug-likeness (QED) is 0.745. The molecule has 5 nitrogen and oxygen atoms in total. The number of aromatic nitrogens is 3. The van der Waals surface area contributed by atoms with Crippen molar-refractivity contribution >= 4 is 23.3 Å². The van der Waals surface area contributed by atoms with Crippen LogP contribution in [0.4, 0.5) is 5.82 Å². The fourth-order valence-electron chi connectivity index (χ4n) is 2.47. The van der Waals surface area contributed by atoms with E-state index in [1.807, 2.05) is 48.7 Å². The molecule has 1 N–H and O–H groups in total. The number of anilines is 1. The number of pyridine rings is 1. The zero-order chi connectivity index (χ0) is 16.4. The maximum Gasteiger partial charge on any atom is 0.277 e. The molecule has 0 aliphatic rings. The Labute approximate surface area is 139 Å². The van der Waals surface area contributed by atoms with Gasteiger partial charge < -0.3 is 9.88 Å². The summed E-state index contributed by atoms with van der Waals surface area (Å²) < 4.78 is 1.94. The lowest BCUT2D eigenvalue weighted by atomic mass is 10.2. The molecule has 0 bridgehead atoms. The second kappa shape index (κ2) is 6.22. The molecule has 0 spiro atoms. The number of imidazole rings is 1. The predicted molar refractivity (Wildman–Crippen MR) is 90.2 cm³/mol. The molecule has 116 valence electrons. The van der Waals surface area contributed by atoms with Crippen LogP contribution < -0.4 is 5.32 Å². The van der Waals surface area contributed by atoms with E-state index in [2.05, 4.69) is 15.3 Å². The van der Waals surface area contributed by atoms with Gasteiger partial charge in [-0.2, -0.15) is 0 Å². The van der Waals surface area contributed by atoms with Crippen molar-refractivity contribution in [2.24, 2.45) is 0 Å². The molecule has 0 unspecified atom stereocenters. The number of aryl methyl sites for hydroxylation is 1. The van der Waals surface area contributed by atoms with Gasteiger partial charge in [0.25, 0.3) is 5.91 Å². The van der Waals surface area contributed by atoms with Gasteiger partial charge in [-0.05, 0) is 38.1 Å². The number of amides is 1. The number of carbonyl (C=O) groups excluding carboxylic acids is 1. The van der Waals surface area contributed by atoms with Crippen LogP contribution in [0.1, 0.15) is 22.0 Å². The summed E-state index contributed by atoms with van der Waals surface area (Å²) in [5.74, 6) is 0.835. The van der Waals surface area contributed by atoms with Crippen LogP contribution in [0.3, 0.4) is 0 Å². The Kier molecular flexibility index (Phi) is 4.12. The van der Waals surface area contributed by atoms with Crippen LogP contribution in [-0.2, 0) is 0 Å². The van der Waals surface area contributed by atoms with Crippen molar-refractivity contribution in [3.8, 4) is 5.69 Å². The molecule has 0 saturated carbocycles. The van der Waals surface area contributed by atoms with Gasteiger partial charge in [0, 0.05) is 5.69 Å². The number of benzene rings is 1. The van der Waals surface area contributed by atoms with Crippen LogP contribution in [0.25, 0.3) is 5.69 Å². The monoisotopic (exact) mass is 326 g/mol. The zero-order valence-electron chi connectivity index (χ0n) is 12.7. The molecule has 6 heteroatoms. The summed E-state index contributed by atoms with van der Waals surface area (Å²) >= 11 is 5.83. The molecule has 0 saturated heterocycles. The first-order chi connectivity index (χ1) is 11.1. The average Bonchev–Trinajstić information content (AvgIpc) is 2.83. The topological polar surface area (TPSA) is 59.8 Å². The van der Waals surface area contributed by atoms with Crippen LogP contribution >= 0.6 is 11.6 Å². The maximum absolute atomic E-state index is 12.5. The molecule has 2 aromatic heterocycles. The molecule has 0 fully saturated rings. The van der Waals surface area contributed by atoms with Crippen molar-refractivity contribution in [2.45, 2.75) is 13.8 Å². The van der Waals surface area contributed by atoms with Crippen LogP contribution in [-0.4, -0.2) is 20.4 Å². The lowest BCUT2D eigenvalue weighted by Crippen LogP contribution is -2.15. The van der Waals surface area contributed by atoms with Crippen LogP contribution in [0.2, 0.25) is 5.15 Å². The van der Waals surface area contributed by atoms with Crippen LogP contribution in [0, 0.1) is 13.8 Å². The lowest BCUT2D eigenvalue weighted by molar-refractivity contribution is 0.102. The van der Waals surface area contributed by atoms with Crippen molar-refractivity contribution in [3.05, 3.63) is 70.9 Å². The molecular formula is C17H15ClN4O. The summed E-state index contributed by atoms with van der Waals surface area (Å²) in [4.78, 5) is 20.9. The van der Waals surface area contributed by atoms with E-state index in [1.54, 1.807) is 18.2 Å². The zero-order valence-corrected chi connectivity index (χ0v) is 13.5. The first-order valence-corrected chi connectivity index (χ1v) is 7.49. The van der Waals surface area contributed by atoms with E-state index in [0.29, 0.717) is 16.7 Å². The molecular weight excluding hydrogens is 312 g/mol. The predicted octanol–water partition coefficient (Wildman–Crippen LogP) is 3.79. The minimum Gasteiger partial charge on any atom is -0.305 e. The number of rotatable bonds is 3. The summed E-state index contributed by atoms with van der Waals surface area (Å²) in [6, 6.07) is 14.9. The minimum atomic E-state index is -0.310. The molecule has 0 radical (unpaired) electrons. The normalized spacial score (nSPS) is 10.6. The first-order valence-electron chi connectivity index (χ1n) is 7.11. The Morgan fingerprint density at radius 2 is 1.78 bits per heavy atom. The number of nitrogens with one attached hydrogen (secondary N) is 1. The van der Waals surface area contributed by atoms with Gasteiger partial charge in [0.15, 0.2) is 0 Å². The van der Waals surface area contributed by atoms with E-state index < -0.39 is 0 Å². The van der Waals surface area contributed by atoms with Gasteiger partial charge in [0.2, 0.25) is 0 Å². The van der Waals surface area contributed by atoms with E-state index >= 15 is 0 Å². The van der Waals surface area contributed by atoms with Gasteiger partial charge in [-0.15, -0.1) is 0 Å². The van der Waals surface area contributed by atoms with Crippen molar-refractivity contribution < 1.29 is 4.79 Å². The Balaban J connectivity index is 1.93. The highest BCUT2D eigenvalue weighted by molar-refractivity contribution is 6.29. The summed E-state index contributed by atoms with van der Waals surface area (Å²) in [5, 5.41) is 3.05. The molecule has 3 aromatic rings. The minimum absolute atomic E-state index is 0.310. The highest BCUT2D eigenvalue weighted by atomic mass is 35.5. The molecule has 0 atom stereocenters. The summed E-state index contributed by atoms with van der Waals surface area (Å²) in [7, 11) is 0. The number of hydrogen-bond acceptors (Lipinski definition) is 3. The van der Waals surface area contributed by atoms with E-state index in [9.17, 15) is 4.79 Å². The van der Waals surface area contributed by atoms with Gasteiger partial charge in [-0.3, -0.25) is 4.79 Å². The molecule has 23 heavy (non-hydrogen) atoms. The molecule has 2 heterocycles. The highest BCUT2D eigenvalue weighted by Crippen LogP contribution is 2.19. The van der Waals surface area contributed by atoms with Gasteiger partial charge in [0.1, 0.15) is 22.5 Å². The van der Waals surface area contributed by atoms with Crippen molar-refractivity contribution in [2.75, 3.05) is 5.32 Å². The largest absolute Gasteiger partial charge is 0.305 e. The fourth-order valence-corrected chi connectivity index (χ4v) is 2.63. The van der Waals surface area contributed by atoms with E-state index in [0.717, 1.165) is 17.2 Å². The molecule has 0 aliphatic carbocycles. The fraction of sp³-hybridized carbons (Fsp3) is 0.118. The SMILES string of the molecule is Cc1nc(C(=O)Nc2cccc(Cl)n2)c(C)n1-c1ccccc1. The molecule has 3 rings (SSSR count). The summed E-state index contributed by atoms with van der Waals surface area (Å²) in [6.07, 6.45) is 0. The molecule has 1 amide bonds. The number of halogens is 1. The standard InChI is InChI=1S/C17H15ClN4O/c1-11-16(17(23)21-15-10-6-9-14(18)20-15)19-12(2)22(11)13-7-4-3-5-8-13/h3-10H,1-2H3,(H,20,21,23). The van der Waals surface area contributed by atoms with Gasteiger partial charge >= 0.3 is 0 Å². The third-order valence-corrected chi connectivity index (χ3v) is 3.67. The third kappa shape index (κ3) is 3.10. The van der Waals surface area contributed by atoms with Crippen LogP contribution in [0.15, 0.2) is 48.5 Å². The van der Waals surface area contributed by atoms with Gasteiger partial charge in [-0.25, -0.2) is 9.97 Å². The van der Waals surface area contributed by atoms with Crippen molar-refractivity contribution in [1.29, 1.82) is 0 Å². The van der Waals surface area contributed by atoms with Crippen molar-refractivity contribution in [1.82, 2.24) is 14.5 Å². The highest BCUT2D eigenvalue weighted by Gasteiger charge is 2.19. The summed E-state index contributed by atoms with van der Waals surface area (Å²) in [6.45, 7) is 3.74. The number of hydrogen-bond donors (Lipinski definition) is 1. The van der Waals surface area contributed by atoms with Gasteiger partial charge in [0.05, 0.1) is 5.69 Å². The Morgan fingerprint density at radius 3 is 2.48 bits per heavy atom. The number of nitrogens with zero attached hydrogens (tertiary/aromatic N) is 3. The number of carbonyl (C=O) groups is 1.